The van der Waals surface area contributed by atoms with Gasteiger partial charge < -0.3 is 20.2 Å². The molecule has 3 rings (SSSR count). The van der Waals surface area contributed by atoms with Gasteiger partial charge in [0.1, 0.15) is 6.04 Å². The van der Waals surface area contributed by atoms with Crippen molar-refractivity contribution in [2.45, 2.75) is 38.6 Å². The molecule has 2 aliphatic heterocycles. The number of benzene rings is 1. The van der Waals surface area contributed by atoms with E-state index in [0.29, 0.717) is 41.5 Å². The quantitative estimate of drug-likeness (QED) is 0.625. The van der Waals surface area contributed by atoms with Gasteiger partial charge in [-0.1, -0.05) is 29.3 Å². The van der Waals surface area contributed by atoms with Gasteiger partial charge in [0.25, 0.3) is 0 Å². The number of carbonyl (C=O) groups is 3. The molecule has 0 radical (unpaired) electrons. The molecule has 0 unspecified atom stereocenters. The molecule has 2 N–H and O–H groups in total. The number of carboxylic acid groups (broad SMARTS) is 1. The minimum absolute atomic E-state index is 0.159. The van der Waals surface area contributed by atoms with Gasteiger partial charge in [0, 0.05) is 38.2 Å². The standard InChI is InChI=1S/C22H27Cl2N3O4/c1-14(22(30)31)25-21(29)16-8-12-27(13-9-16)18(28)7-5-15-4-6-17(20(24)19(15)23)26-10-2-3-11-26/h4-7,14,16H,2-3,8-13H2,1H3,(H,25,29)(H,30,31)/b7-5+/t14-/m0/s1. The van der Waals surface area contributed by atoms with Crippen LogP contribution in [0.1, 0.15) is 38.2 Å². The number of aliphatic carboxylic acids is 1. The number of nitrogens with zero attached hydrogens (tertiary/aromatic N) is 2. The molecule has 0 aliphatic carbocycles. The monoisotopic (exact) mass is 467 g/mol. The summed E-state index contributed by atoms with van der Waals surface area (Å²) in [5, 5.41) is 12.3. The number of carboxylic acids is 1. The molecule has 0 spiro atoms. The van der Waals surface area contributed by atoms with Crippen LogP contribution in [0.15, 0.2) is 18.2 Å². The number of halogens is 2. The van der Waals surface area contributed by atoms with E-state index in [0.717, 1.165) is 31.6 Å². The summed E-state index contributed by atoms with van der Waals surface area (Å²) in [6.45, 7) is 4.23. The first-order chi connectivity index (χ1) is 14.8. The maximum absolute atomic E-state index is 12.6. The third kappa shape index (κ3) is 5.71. The minimum atomic E-state index is -1.07. The summed E-state index contributed by atoms with van der Waals surface area (Å²) in [6, 6.07) is 2.88. The van der Waals surface area contributed by atoms with Gasteiger partial charge in [-0.05, 0) is 50.3 Å². The molecule has 1 atom stereocenters. The van der Waals surface area contributed by atoms with Gasteiger partial charge in [-0.25, -0.2) is 0 Å². The van der Waals surface area contributed by atoms with Crippen LogP contribution in [0.4, 0.5) is 5.69 Å². The lowest BCUT2D eigenvalue weighted by Crippen LogP contribution is -2.46. The average molecular weight is 468 g/mol. The lowest BCUT2D eigenvalue weighted by molar-refractivity contribution is -0.142. The Morgan fingerprint density at radius 1 is 1.10 bits per heavy atom. The van der Waals surface area contributed by atoms with Crippen LogP contribution < -0.4 is 10.2 Å². The molecule has 7 nitrogen and oxygen atoms in total. The lowest BCUT2D eigenvalue weighted by atomic mass is 9.95. The number of rotatable bonds is 6. The Balaban J connectivity index is 1.56. The van der Waals surface area contributed by atoms with E-state index in [1.54, 1.807) is 11.0 Å². The highest BCUT2D eigenvalue weighted by Gasteiger charge is 2.28. The van der Waals surface area contributed by atoms with Crippen molar-refractivity contribution < 1.29 is 19.5 Å². The Labute approximate surface area is 192 Å². The fourth-order valence-electron chi connectivity index (χ4n) is 3.91. The summed E-state index contributed by atoms with van der Waals surface area (Å²) < 4.78 is 0. The molecule has 2 saturated heterocycles. The summed E-state index contributed by atoms with van der Waals surface area (Å²) in [7, 11) is 0. The van der Waals surface area contributed by atoms with E-state index in [1.165, 1.54) is 13.0 Å². The maximum Gasteiger partial charge on any atom is 0.325 e. The third-order valence-corrected chi connectivity index (χ3v) is 6.74. The Bertz CT molecular complexity index is 876. The normalized spacial score (nSPS) is 18.4. The van der Waals surface area contributed by atoms with Crippen LogP contribution in [-0.4, -0.2) is 60.0 Å². The van der Waals surface area contributed by atoms with E-state index in [1.807, 2.05) is 12.1 Å². The van der Waals surface area contributed by atoms with Crippen LogP contribution in [0.2, 0.25) is 10.0 Å². The fraction of sp³-hybridized carbons (Fsp3) is 0.500. The van der Waals surface area contributed by atoms with Gasteiger partial charge in [-0.15, -0.1) is 0 Å². The Kier molecular flexibility index (Phi) is 7.84. The van der Waals surface area contributed by atoms with Crippen LogP contribution in [0.3, 0.4) is 0 Å². The summed E-state index contributed by atoms with van der Waals surface area (Å²) in [5.41, 5.74) is 1.60. The first-order valence-electron chi connectivity index (χ1n) is 10.5. The summed E-state index contributed by atoms with van der Waals surface area (Å²) in [5.74, 6) is -1.80. The number of hydrogen-bond donors (Lipinski definition) is 2. The second-order valence-corrected chi connectivity index (χ2v) is 8.75. The highest BCUT2D eigenvalue weighted by molar-refractivity contribution is 6.44. The molecule has 0 saturated carbocycles. The number of piperidine rings is 1. The van der Waals surface area contributed by atoms with Gasteiger partial charge in [0.05, 0.1) is 15.7 Å². The van der Waals surface area contributed by atoms with E-state index < -0.39 is 12.0 Å². The fourth-order valence-corrected chi connectivity index (χ4v) is 4.42. The van der Waals surface area contributed by atoms with Crippen molar-refractivity contribution in [1.82, 2.24) is 10.2 Å². The number of anilines is 1. The van der Waals surface area contributed by atoms with Gasteiger partial charge >= 0.3 is 5.97 Å². The van der Waals surface area contributed by atoms with E-state index in [4.69, 9.17) is 28.3 Å². The summed E-state index contributed by atoms with van der Waals surface area (Å²) in [6.07, 6.45) is 6.41. The molecule has 1 aromatic carbocycles. The van der Waals surface area contributed by atoms with Gasteiger partial charge in [0.15, 0.2) is 0 Å². The minimum Gasteiger partial charge on any atom is -0.480 e. The summed E-state index contributed by atoms with van der Waals surface area (Å²) >= 11 is 12.9. The van der Waals surface area contributed by atoms with Crippen LogP contribution in [0.25, 0.3) is 6.08 Å². The third-order valence-electron chi connectivity index (χ3n) is 5.85. The molecule has 2 fully saturated rings. The Hall–Kier alpha value is -2.25. The van der Waals surface area contributed by atoms with Crippen molar-refractivity contribution in [3.05, 3.63) is 33.8 Å². The molecule has 0 aromatic heterocycles. The van der Waals surface area contributed by atoms with Crippen molar-refractivity contribution in [3.8, 4) is 0 Å². The Morgan fingerprint density at radius 3 is 2.35 bits per heavy atom. The predicted octanol–water partition coefficient (Wildman–Crippen LogP) is 3.43. The van der Waals surface area contributed by atoms with E-state index in [-0.39, 0.29) is 17.7 Å². The molecule has 31 heavy (non-hydrogen) atoms. The first kappa shape index (κ1) is 23.4. The average Bonchev–Trinajstić information content (AvgIpc) is 3.29. The second kappa shape index (κ2) is 10.4. The van der Waals surface area contributed by atoms with Crippen LogP contribution >= 0.6 is 23.2 Å². The molecule has 2 aliphatic rings. The van der Waals surface area contributed by atoms with E-state index >= 15 is 0 Å². The predicted molar refractivity (Wildman–Crippen MR) is 121 cm³/mol. The topological polar surface area (TPSA) is 90.0 Å². The zero-order chi connectivity index (χ0) is 22.5. The van der Waals surface area contributed by atoms with Crippen molar-refractivity contribution >= 4 is 52.7 Å². The SMILES string of the molecule is C[C@H](NC(=O)C1CCN(C(=O)/C=C/c2ccc(N3CCCC3)c(Cl)c2Cl)CC1)C(=O)O. The van der Waals surface area contributed by atoms with Gasteiger partial charge in [-0.2, -0.15) is 0 Å². The Morgan fingerprint density at radius 2 is 1.74 bits per heavy atom. The smallest absolute Gasteiger partial charge is 0.325 e. The highest BCUT2D eigenvalue weighted by atomic mass is 35.5. The molecule has 9 heteroatoms. The lowest BCUT2D eigenvalue weighted by Gasteiger charge is -2.31. The number of hydrogen-bond acceptors (Lipinski definition) is 4. The number of likely N-dealkylation sites (tertiary alicyclic amines) is 1. The van der Waals surface area contributed by atoms with Crippen molar-refractivity contribution in [3.63, 3.8) is 0 Å². The molecule has 2 amide bonds. The van der Waals surface area contributed by atoms with Crippen LogP contribution in [0, 0.1) is 5.92 Å². The van der Waals surface area contributed by atoms with Gasteiger partial charge in [-0.3, -0.25) is 14.4 Å². The summed E-state index contributed by atoms with van der Waals surface area (Å²) in [4.78, 5) is 39.5. The van der Waals surface area contributed by atoms with Crippen LogP contribution in [0.5, 0.6) is 0 Å². The van der Waals surface area contributed by atoms with E-state index in [2.05, 4.69) is 10.2 Å². The highest BCUT2D eigenvalue weighted by Crippen LogP contribution is 2.37. The first-order valence-corrected chi connectivity index (χ1v) is 11.3. The number of nitrogens with one attached hydrogen (secondary N) is 1. The number of carbonyl (C=O) groups excluding carboxylic acids is 2. The van der Waals surface area contributed by atoms with Crippen molar-refractivity contribution in [2.75, 3.05) is 31.1 Å². The molecular formula is C22H27Cl2N3O4. The molecule has 168 valence electrons. The van der Waals surface area contributed by atoms with Crippen molar-refractivity contribution in [2.24, 2.45) is 5.92 Å². The largest absolute Gasteiger partial charge is 0.480 e. The van der Waals surface area contributed by atoms with Crippen molar-refractivity contribution in [1.29, 1.82) is 0 Å². The second-order valence-electron chi connectivity index (χ2n) is 8.00. The number of amides is 2. The maximum atomic E-state index is 12.6. The van der Waals surface area contributed by atoms with E-state index in [9.17, 15) is 14.4 Å². The van der Waals surface area contributed by atoms with Gasteiger partial charge in [0.2, 0.25) is 11.8 Å². The molecular weight excluding hydrogens is 441 g/mol. The molecule has 2 heterocycles. The zero-order valence-corrected chi connectivity index (χ0v) is 19.0. The molecule has 0 bridgehead atoms. The van der Waals surface area contributed by atoms with Crippen LogP contribution in [-0.2, 0) is 14.4 Å². The molecule has 1 aromatic rings. The zero-order valence-electron chi connectivity index (χ0n) is 17.4.